The van der Waals surface area contributed by atoms with Crippen LogP contribution in [0.25, 0.3) is 0 Å². The summed E-state index contributed by atoms with van der Waals surface area (Å²) in [5.41, 5.74) is 1.28. The van der Waals surface area contributed by atoms with Crippen molar-refractivity contribution in [3.05, 3.63) is 21.4 Å². The molecule has 1 aromatic rings. The van der Waals surface area contributed by atoms with Crippen LogP contribution in [0.2, 0.25) is 0 Å². The Bertz CT molecular complexity index is 503. The Morgan fingerprint density at radius 2 is 2.10 bits per heavy atom. The molecule has 1 N–H and O–H groups in total. The van der Waals surface area contributed by atoms with Crippen molar-refractivity contribution in [2.75, 3.05) is 13.1 Å². The van der Waals surface area contributed by atoms with E-state index in [0.29, 0.717) is 13.1 Å². The number of carboxylic acid groups (broad SMARTS) is 1. The minimum atomic E-state index is -0.781. The van der Waals surface area contributed by atoms with Crippen molar-refractivity contribution in [2.24, 2.45) is 5.92 Å². The van der Waals surface area contributed by atoms with Gasteiger partial charge in [0, 0.05) is 23.9 Å². The van der Waals surface area contributed by atoms with Gasteiger partial charge >= 0.3 is 5.97 Å². The summed E-state index contributed by atoms with van der Waals surface area (Å²) < 4.78 is 0. The first-order valence-electron chi connectivity index (χ1n) is 7.17. The summed E-state index contributed by atoms with van der Waals surface area (Å²) in [6.45, 7) is 5.41. The average Bonchev–Trinajstić information content (AvgIpc) is 2.76. The highest BCUT2D eigenvalue weighted by atomic mass is 32.1. The molecule has 20 heavy (non-hydrogen) atoms. The zero-order valence-electron chi connectivity index (χ0n) is 12.0. The molecule has 4 nitrogen and oxygen atoms in total. The van der Waals surface area contributed by atoms with Gasteiger partial charge in [-0.3, -0.25) is 9.59 Å². The first kappa shape index (κ1) is 15.0. The van der Waals surface area contributed by atoms with Gasteiger partial charge in [-0.2, -0.15) is 0 Å². The van der Waals surface area contributed by atoms with E-state index < -0.39 is 5.97 Å². The fourth-order valence-corrected chi connectivity index (χ4v) is 3.90. The molecule has 2 rings (SSSR count). The van der Waals surface area contributed by atoms with Crippen molar-refractivity contribution in [3.63, 3.8) is 0 Å². The lowest BCUT2D eigenvalue weighted by Gasteiger charge is -2.38. The Hall–Kier alpha value is -1.36. The van der Waals surface area contributed by atoms with E-state index in [1.165, 1.54) is 10.4 Å². The number of aliphatic carboxylic acids is 1. The largest absolute Gasteiger partial charge is 0.481 e. The van der Waals surface area contributed by atoms with Crippen LogP contribution in [0.3, 0.4) is 0 Å². The molecule has 1 aliphatic heterocycles. The number of carboxylic acids is 1. The number of nitrogens with zero attached hydrogens (tertiary/aromatic N) is 1. The number of rotatable bonds is 6. The summed E-state index contributed by atoms with van der Waals surface area (Å²) in [6, 6.07) is 2.02. The van der Waals surface area contributed by atoms with Crippen molar-refractivity contribution in [1.29, 1.82) is 0 Å². The number of amides is 1. The molecule has 1 saturated heterocycles. The van der Waals surface area contributed by atoms with Gasteiger partial charge in [-0.1, -0.05) is 20.3 Å². The maximum absolute atomic E-state index is 12.3. The SMILES string of the molecule is CCCc1sc(C(=O)N2CC(CC(=O)O)C2)cc1CC. The molecule has 110 valence electrons. The monoisotopic (exact) mass is 295 g/mol. The lowest BCUT2D eigenvalue weighted by atomic mass is 9.96. The second-order valence-corrected chi connectivity index (χ2v) is 6.47. The molecule has 0 atom stereocenters. The molecule has 1 aromatic heterocycles. The summed E-state index contributed by atoms with van der Waals surface area (Å²) in [6.07, 6.45) is 3.24. The quantitative estimate of drug-likeness (QED) is 0.878. The van der Waals surface area contributed by atoms with Crippen molar-refractivity contribution in [3.8, 4) is 0 Å². The Morgan fingerprint density at radius 3 is 2.65 bits per heavy atom. The number of thiophene rings is 1. The molecule has 0 aromatic carbocycles. The van der Waals surface area contributed by atoms with Crippen molar-refractivity contribution >= 4 is 23.2 Å². The number of carbonyl (C=O) groups excluding carboxylic acids is 1. The Morgan fingerprint density at radius 1 is 1.40 bits per heavy atom. The number of aryl methyl sites for hydroxylation is 2. The average molecular weight is 295 g/mol. The molecule has 0 bridgehead atoms. The van der Waals surface area contributed by atoms with Crippen LogP contribution in [-0.2, 0) is 17.6 Å². The van der Waals surface area contributed by atoms with Crippen LogP contribution in [0.1, 0.15) is 46.8 Å². The maximum Gasteiger partial charge on any atom is 0.303 e. The molecule has 0 radical (unpaired) electrons. The second kappa shape index (κ2) is 6.39. The lowest BCUT2D eigenvalue weighted by molar-refractivity contribution is -0.139. The summed E-state index contributed by atoms with van der Waals surface area (Å²) in [7, 11) is 0. The third-order valence-electron chi connectivity index (χ3n) is 3.67. The highest BCUT2D eigenvalue weighted by molar-refractivity contribution is 7.14. The van der Waals surface area contributed by atoms with Gasteiger partial charge in [0.15, 0.2) is 0 Å². The zero-order valence-corrected chi connectivity index (χ0v) is 12.8. The van der Waals surface area contributed by atoms with Gasteiger partial charge in [0.1, 0.15) is 0 Å². The van der Waals surface area contributed by atoms with Crippen molar-refractivity contribution < 1.29 is 14.7 Å². The van der Waals surface area contributed by atoms with E-state index >= 15 is 0 Å². The van der Waals surface area contributed by atoms with Crippen LogP contribution < -0.4 is 0 Å². The van der Waals surface area contributed by atoms with E-state index in [-0.39, 0.29) is 18.2 Å². The Labute approximate surface area is 123 Å². The van der Waals surface area contributed by atoms with Crippen LogP contribution in [-0.4, -0.2) is 35.0 Å². The molecule has 5 heteroatoms. The molecule has 0 aliphatic carbocycles. The minimum Gasteiger partial charge on any atom is -0.481 e. The van der Waals surface area contributed by atoms with E-state index in [9.17, 15) is 9.59 Å². The molecule has 1 fully saturated rings. The molecule has 2 heterocycles. The van der Waals surface area contributed by atoms with Crippen molar-refractivity contribution in [2.45, 2.75) is 39.5 Å². The Balaban J connectivity index is 1.98. The normalized spacial score (nSPS) is 15.2. The van der Waals surface area contributed by atoms with E-state index in [4.69, 9.17) is 5.11 Å². The number of likely N-dealkylation sites (tertiary alicyclic amines) is 1. The van der Waals surface area contributed by atoms with Crippen LogP contribution >= 0.6 is 11.3 Å². The fourth-order valence-electron chi connectivity index (χ4n) is 2.58. The van der Waals surface area contributed by atoms with Gasteiger partial charge in [0.05, 0.1) is 11.3 Å². The van der Waals surface area contributed by atoms with E-state index in [1.807, 2.05) is 6.07 Å². The van der Waals surface area contributed by atoms with Crippen LogP contribution in [0.4, 0.5) is 0 Å². The van der Waals surface area contributed by atoms with Gasteiger partial charge in [0.25, 0.3) is 5.91 Å². The highest BCUT2D eigenvalue weighted by Crippen LogP contribution is 2.28. The molecule has 1 aliphatic rings. The van der Waals surface area contributed by atoms with E-state index in [0.717, 1.165) is 24.1 Å². The summed E-state index contributed by atoms with van der Waals surface area (Å²) in [5, 5.41) is 8.72. The van der Waals surface area contributed by atoms with Crippen LogP contribution in [0.15, 0.2) is 6.07 Å². The van der Waals surface area contributed by atoms with E-state index in [1.54, 1.807) is 16.2 Å². The Kier molecular flexibility index (Phi) is 4.81. The van der Waals surface area contributed by atoms with Gasteiger partial charge in [-0.25, -0.2) is 0 Å². The predicted molar refractivity (Wildman–Crippen MR) is 79.3 cm³/mol. The first-order chi connectivity index (χ1) is 9.55. The molecule has 0 spiro atoms. The second-order valence-electron chi connectivity index (χ2n) is 5.34. The molecule has 1 amide bonds. The molecule has 0 unspecified atom stereocenters. The van der Waals surface area contributed by atoms with Crippen LogP contribution in [0, 0.1) is 5.92 Å². The number of hydrogen-bond acceptors (Lipinski definition) is 3. The highest BCUT2D eigenvalue weighted by Gasteiger charge is 2.33. The molecular weight excluding hydrogens is 274 g/mol. The number of carbonyl (C=O) groups is 2. The fraction of sp³-hybridized carbons (Fsp3) is 0.600. The molecule has 0 saturated carbocycles. The summed E-state index contributed by atoms with van der Waals surface area (Å²) in [4.78, 5) is 26.8. The van der Waals surface area contributed by atoms with Gasteiger partial charge in [-0.15, -0.1) is 11.3 Å². The van der Waals surface area contributed by atoms with Gasteiger partial charge in [0.2, 0.25) is 0 Å². The number of hydrogen-bond donors (Lipinski definition) is 1. The third kappa shape index (κ3) is 3.20. The van der Waals surface area contributed by atoms with Crippen molar-refractivity contribution in [1.82, 2.24) is 4.90 Å². The van der Waals surface area contributed by atoms with Gasteiger partial charge < -0.3 is 10.0 Å². The predicted octanol–water partition coefficient (Wildman–Crippen LogP) is 2.81. The first-order valence-corrected chi connectivity index (χ1v) is 7.99. The topological polar surface area (TPSA) is 57.6 Å². The lowest BCUT2D eigenvalue weighted by Crippen LogP contribution is -2.50. The maximum atomic E-state index is 12.3. The zero-order chi connectivity index (χ0) is 14.7. The van der Waals surface area contributed by atoms with Gasteiger partial charge in [-0.05, 0) is 24.5 Å². The summed E-state index contributed by atoms with van der Waals surface area (Å²) >= 11 is 1.60. The smallest absolute Gasteiger partial charge is 0.303 e. The third-order valence-corrected chi connectivity index (χ3v) is 4.90. The minimum absolute atomic E-state index is 0.0636. The standard InChI is InChI=1S/C15H21NO3S/c1-3-5-12-11(4-2)7-13(20-12)15(19)16-8-10(9-16)6-14(17)18/h7,10H,3-6,8-9H2,1-2H3,(H,17,18). The summed E-state index contributed by atoms with van der Waals surface area (Å²) in [5.74, 6) is -0.595. The molecular formula is C15H21NO3S. The van der Waals surface area contributed by atoms with Crippen LogP contribution in [0.5, 0.6) is 0 Å². The van der Waals surface area contributed by atoms with E-state index in [2.05, 4.69) is 13.8 Å².